The van der Waals surface area contributed by atoms with Crippen molar-refractivity contribution in [2.45, 2.75) is 23.8 Å². The number of nitriles is 1. The van der Waals surface area contributed by atoms with Crippen LogP contribution in [-0.4, -0.2) is 24.4 Å². The molecule has 0 bridgehead atoms. The molecule has 2 aromatic carbocycles. The number of amides is 1. The molecule has 0 saturated carbocycles. The summed E-state index contributed by atoms with van der Waals surface area (Å²) >= 11 is 1.65. The number of anilines is 1. The van der Waals surface area contributed by atoms with Crippen molar-refractivity contribution in [2.75, 3.05) is 17.7 Å². The van der Waals surface area contributed by atoms with Gasteiger partial charge in [0.15, 0.2) is 0 Å². The quantitative estimate of drug-likeness (QED) is 0.834. The van der Waals surface area contributed by atoms with Gasteiger partial charge in [-0.1, -0.05) is 18.2 Å². The molecule has 0 aromatic heterocycles. The lowest BCUT2D eigenvalue weighted by molar-refractivity contribution is 0.102. The molecule has 1 N–H and O–H groups in total. The first-order valence-electron chi connectivity index (χ1n) is 7.91. The van der Waals surface area contributed by atoms with Gasteiger partial charge in [-0.3, -0.25) is 4.79 Å². The van der Waals surface area contributed by atoms with Crippen LogP contribution >= 0.6 is 11.8 Å². The van der Waals surface area contributed by atoms with Crippen LogP contribution in [0.15, 0.2) is 53.4 Å². The first kappa shape index (κ1) is 16.6. The monoisotopic (exact) mass is 338 g/mol. The first-order valence-corrected chi connectivity index (χ1v) is 8.90. The Labute approximate surface area is 145 Å². The summed E-state index contributed by atoms with van der Waals surface area (Å²) < 4.78 is 5.64. The van der Waals surface area contributed by atoms with E-state index >= 15 is 0 Å². The Bertz CT molecular complexity index is 764. The number of thioether (sulfide) groups is 1. The van der Waals surface area contributed by atoms with Crippen LogP contribution in [0.1, 0.15) is 28.8 Å². The number of hydrogen-bond acceptors (Lipinski definition) is 4. The van der Waals surface area contributed by atoms with Crippen LogP contribution in [0.4, 0.5) is 5.69 Å². The highest BCUT2D eigenvalue weighted by atomic mass is 32.2. The molecule has 0 radical (unpaired) electrons. The maximum Gasteiger partial charge on any atom is 0.256 e. The second-order valence-corrected chi connectivity index (χ2v) is 6.65. The summed E-state index contributed by atoms with van der Waals surface area (Å²) in [7, 11) is 0. The third kappa shape index (κ3) is 4.16. The number of carbonyl (C=O) groups is 1. The van der Waals surface area contributed by atoms with Crippen LogP contribution in [0.2, 0.25) is 0 Å². The normalized spacial score (nSPS) is 16.5. The first-order chi connectivity index (χ1) is 11.8. The number of benzene rings is 2. The molecule has 1 aliphatic rings. The highest BCUT2D eigenvalue weighted by Crippen LogP contribution is 2.27. The zero-order valence-corrected chi connectivity index (χ0v) is 14.0. The van der Waals surface area contributed by atoms with E-state index in [4.69, 9.17) is 10.00 Å². The van der Waals surface area contributed by atoms with E-state index in [2.05, 4.69) is 11.4 Å². The Balaban J connectivity index is 1.70. The van der Waals surface area contributed by atoms with Crippen LogP contribution in [0.25, 0.3) is 0 Å². The summed E-state index contributed by atoms with van der Waals surface area (Å²) in [5.74, 6) is 0.689. The van der Waals surface area contributed by atoms with Gasteiger partial charge in [-0.25, -0.2) is 0 Å². The van der Waals surface area contributed by atoms with Crippen molar-refractivity contribution in [3.8, 4) is 6.07 Å². The van der Waals surface area contributed by atoms with E-state index in [1.54, 1.807) is 36.0 Å². The van der Waals surface area contributed by atoms with E-state index < -0.39 is 0 Å². The molecule has 24 heavy (non-hydrogen) atoms. The fourth-order valence-corrected chi connectivity index (χ4v) is 3.72. The van der Waals surface area contributed by atoms with Crippen molar-refractivity contribution in [3.63, 3.8) is 0 Å². The molecule has 1 saturated heterocycles. The van der Waals surface area contributed by atoms with Gasteiger partial charge in [-0.05, 0) is 43.2 Å². The minimum absolute atomic E-state index is 0.166. The average molecular weight is 338 g/mol. The highest BCUT2D eigenvalue weighted by Gasteiger charge is 2.18. The summed E-state index contributed by atoms with van der Waals surface area (Å²) in [4.78, 5) is 13.5. The second-order valence-electron chi connectivity index (χ2n) is 5.59. The van der Waals surface area contributed by atoms with Gasteiger partial charge in [0.2, 0.25) is 0 Å². The van der Waals surface area contributed by atoms with Crippen molar-refractivity contribution in [1.29, 1.82) is 5.26 Å². The Morgan fingerprint density at radius 1 is 1.29 bits per heavy atom. The summed E-state index contributed by atoms with van der Waals surface area (Å²) in [5, 5.41) is 11.8. The number of ether oxygens (including phenoxy) is 1. The smallest absolute Gasteiger partial charge is 0.256 e. The number of nitrogens with one attached hydrogen (secondary N) is 1. The lowest BCUT2D eigenvalue weighted by Crippen LogP contribution is -2.14. The summed E-state index contributed by atoms with van der Waals surface area (Å²) in [5.41, 5.74) is 1.79. The van der Waals surface area contributed by atoms with Gasteiger partial charge in [-0.15, -0.1) is 11.8 Å². The van der Waals surface area contributed by atoms with Crippen molar-refractivity contribution < 1.29 is 9.53 Å². The molecule has 122 valence electrons. The minimum Gasteiger partial charge on any atom is -0.377 e. The predicted molar refractivity (Wildman–Crippen MR) is 95.3 cm³/mol. The molecule has 0 aliphatic carbocycles. The van der Waals surface area contributed by atoms with Gasteiger partial charge >= 0.3 is 0 Å². The molecule has 2 aromatic rings. The Morgan fingerprint density at radius 2 is 2.17 bits per heavy atom. The summed E-state index contributed by atoms with van der Waals surface area (Å²) in [6.07, 6.45) is 2.48. The number of hydrogen-bond donors (Lipinski definition) is 1. The van der Waals surface area contributed by atoms with Gasteiger partial charge in [-0.2, -0.15) is 5.26 Å². The minimum atomic E-state index is -0.166. The molecule has 1 fully saturated rings. The maximum atomic E-state index is 12.6. The third-order valence-corrected chi connectivity index (χ3v) is 5.04. The predicted octanol–water partition coefficient (Wildman–Crippen LogP) is 4.08. The zero-order chi connectivity index (χ0) is 16.8. The van der Waals surface area contributed by atoms with E-state index in [1.165, 1.54) is 0 Å². The average Bonchev–Trinajstić information content (AvgIpc) is 3.14. The SMILES string of the molecule is N#Cc1cccc(NC(=O)c2ccccc2SCC2CCCO2)c1. The number of nitrogens with zero attached hydrogens (tertiary/aromatic N) is 1. The second kappa shape index (κ2) is 8.00. The number of carbonyl (C=O) groups excluding carboxylic acids is 1. The third-order valence-electron chi connectivity index (χ3n) is 3.83. The molecule has 1 amide bonds. The highest BCUT2D eigenvalue weighted by molar-refractivity contribution is 7.99. The van der Waals surface area contributed by atoms with Gasteiger partial charge in [0.05, 0.1) is 23.3 Å². The van der Waals surface area contributed by atoms with Gasteiger partial charge in [0.25, 0.3) is 5.91 Å². The zero-order valence-electron chi connectivity index (χ0n) is 13.2. The summed E-state index contributed by atoms with van der Waals surface area (Å²) in [6, 6.07) is 16.6. The molecule has 1 aliphatic heterocycles. The maximum absolute atomic E-state index is 12.6. The van der Waals surface area contributed by atoms with Crippen LogP contribution in [0.5, 0.6) is 0 Å². The van der Waals surface area contributed by atoms with E-state index in [0.717, 1.165) is 30.1 Å². The lowest BCUT2D eigenvalue weighted by atomic mass is 10.2. The molecule has 1 heterocycles. The topological polar surface area (TPSA) is 62.1 Å². The van der Waals surface area contributed by atoms with E-state index in [-0.39, 0.29) is 12.0 Å². The molecule has 1 unspecified atom stereocenters. The standard InChI is InChI=1S/C19H18N2O2S/c20-12-14-5-3-6-15(11-14)21-19(22)17-8-1-2-9-18(17)24-13-16-7-4-10-23-16/h1-3,5-6,8-9,11,16H,4,7,10,13H2,(H,21,22). The summed E-state index contributed by atoms with van der Waals surface area (Å²) in [6.45, 7) is 0.836. The van der Waals surface area contributed by atoms with Crippen molar-refractivity contribution in [2.24, 2.45) is 0 Å². The Hall–Kier alpha value is -2.29. The lowest BCUT2D eigenvalue weighted by Gasteiger charge is -2.12. The molecular formula is C19H18N2O2S. The molecule has 0 spiro atoms. The van der Waals surface area contributed by atoms with Crippen molar-refractivity contribution >= 4 is 23.4 Å². The molecule has 1 atom stereocenters. The fourth-order valence-electron chi connectivity index (χ4n) is 2.60. The molecular weight excluding hydrogens is 320 g/mol. The van der Waals surface area contributed by atoms with Crippen LogP contribution in [0, 0.1) is 11.3 Å². The van der Waals surface area contributed by atoms with E-state index in [0.29, 0.717) is 16.8 Å². The van der Waals surface area contributed by atoms with E-state index in [1.807, 2.05) is 24.3 Å². The molecule has 5 heteroatoms. The Morgan fingerprint density at radius 3 is 2.96 bits per heavy atom. The van der Waals surface area contributed by atoms with Crippen LogP contribution in [0.3, 0.4) is 0 Å². The van der Waals surface area contributed by atoms with E-state index in [9.17, 15) is 4.79 Å². The van der Waals surface area contributed by atoms with Crippen LogP contribution < -0.4 is 5.32 Å². The fraction of sp³-hybridized carbons (Fsp3) is 0.263. The largest absolute Gasteiger partial charge is 0.377 e. The van der Waals surface area contributed by atoms with Crippen molar-refractivity contribution in [3.05, 3.63) is 59.7 Å². The van der Waals surface area contributed by atoms with Gasteiger partial charge < -0.3 is 10.1 Å². The van der Waals surface area contributed by atoms with Gasteiger partial charge in [0.1, 0.15) is 0 Å². The Kier molecular flexibility index (Phi) is 5.52. The van der Waals surface area contributed by atoms with Crippen molar-refractivity contribution in [1.82, 2.24) is 0 Å². The molecule has 3 rings (SSSR count). The van der Waals surface area contributed by atoms with Crippen LogP contribution in [-0.2, 0) is 4.74 Å². The number of rotatable bonds is 5. The molecule has 4 nitrogen and oxygen atoms in total. The van der Waals surface area contributed by atoms with Gasteiger partial charge in [0, 0.05) is 22.9 Å².